The maximum atomic E-state index is 12.8. The normalized spacial score (nSPS) is 20.1. The lowest BCUT2D eigenvalue weighted by molar-refractivity contribution is -0.901. The first-order valence-corrected chi connectivity index (χ1v) is 9.32. The summed E-state index contributed by atoms with van der Waals surface area (Å²) in [6.07, 6.45) is 6.38. The minimum absolute atomic E-state index is 0.0466. The summed E-state index contributed by atoms with van der Waals surface area (Å²) in [6, 6.07) is 7.63. The highest BCUT2D eigenvalue weighted by Crippen LogP contribution is 2.33. The van der Waals surface area contributed by atoms with Crippen molar-refractivity contribution < 1.29 is 19.2 Å². The number of quaternary nitrogens is 1. The largest absolute Gasteiger partial charge is 0.490 e. The van der Waals surface area contributed by atoms with E-state index < -0.39 is 5.54 Å². The molecule has 26 heavy (non-hydrogen) atoms. The second kappa shape index (κ2) is 7.91. The van der Waals surface area contributed by atoms with Crippen LogP contribution < -0.4 is 15.0 Å². The smallest absolute Gasteiger partial charge is 0.329 e. The second-order valence-corrected chi connectivity index (χ2v) is 7.34. The molecule has 2 aliphatic rings. The molecule has 0 radical (unpaired) electrons. The summed E-state index contributed by atoms with van der Waals surface area (Å²) >= 11 is 0. The van der Waals surface area contributed by atoms with Gasteiger partial charge in [-0.05, 0) is 37.1 Å². The fraction of sp³-hybridized carbons (Fsp3) is 0.500. The zero-order valence-electron chi connectivity index (χ0n) is 15.4. The number of urea groups is 1. The Morgan fingerprint density at radius 2 is 1.92 bits per heavy atom. The lowest BCUT2D eigenvalue weighted by Gasteiger charge is -2.30. The third-order valence-electron chi connectivity index (χ3n) is 5.18. The SMILES string of the molecule is C=CCOc1ccc(C[NH+](C)CN2C(=O)NC3(CCCCC3)C2=O)cc1. The van der Waals surface area contributed by atoms with Crippen molar-refractivity contribution in [2.45, 2.75) is 44.2 Å². The molecular weight excluding hydrogens is 330 g/mol. The van der Waals surface area contributed by atoms with Crippen molar-refractivity contribution in [3.63, 3.8) is 0 Å². The summed E-state index contributed by atoms with van der Waals surface area (Å²) in [5.41, 5.74) is 0.493. The Kier molecular flexibility index (Phi) is 5.61. The molecule has 6 nitrogen and oxygen atoms in total. The Labute approximate surface area is 154 Å². The van der Waals surface area contributed by atoms with E-state index in [2.05, 4.69) is 11.9 Å². The van der Waals surface area contributed by atoms with Crippen LogP contribution in [0.1, 0.15) is 37.7 Å². The Bertz CT molecular complexity index is 665. The topological polar surface area (TPSA) is 63.1 Å². The predicted molar refractivity (Wildman–Crippen MR) is 98.8 cm³/mol. The van der Waals surface area contributed by atoms with Crippen LogP contribution in [-0.2, 0) is 11.3 Å². The number of benzene rings is 1. The number of carbonyl (C=O) groups is 2. The molecule has 1 aliphatic heterocycles. The quantitative estimate of drug-likeness (QED) is 0.573. The summed E-state index contributed by atoms with van der Waals surface area (Å²) in [5, 5.41) is 2.96. The van der Waals surface area contributed by atoms with Gasteiger partial charge in [0.15, 0.2) is 6.67 Å². The third-order valence-corrected chi connectivity index (χ3v) is 5.18. The van der Waals surface area contributed by atoms with Crippen LogP contribution in [0.5, 0.6) is 5.75 Å². The molecule has 140 valence electrons. The van der Waals surface area contributed by atoms with Crippen LogP contribution in [0.15, 0.2) is 36.9 Å². The van der Waals surface area contributed by atoms with E-state index in [1.54, 1.807) is 6.08 Å². The second-order valence-electron chi connectivity index (χ2n) is 7.34. The van der Waals surface area contributed by atoms with E-state index in [1.807, 2.05) is 31.3 Å². The first kappa shape index (κ1) is 18.5. The molecule has 3 rings (SSSR count). The monoisotopic (exact) mass is 358 g/mol. The molecule has 1 aromatic carbocycles. The molecule has 1 saturated heterocycles. The predicted octanol–water partition coefficient (Wildman–Crippen LogP) is 1.48. The number of nitrogens with one attached hydrogen (secondary N) is 2. The van der Waals surface area contributed by atoms with Crippen LogP contribution in [0.3, 0.4) is 0 Å². The molecule has 2 fully saturated rings. The van der Waals surface area contributed by atoms with Gasteiger partial charge in [-0.1, -0.05) is 31.9 Å². The Morgan fingerprint density at radius 1 is 1.23 bits per heavy atom. The van der Waals surface area contributed by atoms with Crippen LogP contribution >= 0.6 is 0 Å². The van der Waals surface area contributed by atoms with Gasteiger partial charge < -0.3 is 15.0 Å². The van der Waals surface area contributed by atoms with E-state index in [0.29, 0.717) is 13.3 Å². The van der Waals surface area contributed by atoms with Gasteiger partial charge in [0.05, 0.1) is 7.05 Å². The van der Waals surface area contributed by atoms with Gasteiger partial charge in [0.25, 0.3) is 5.91 Å². The first-order valence-electron chi connectivity index (χ1n) is 9.32. The lowest BCUT2D eigenvalue weighted by Crippen LogP contribution is -3.09. The summed E-state index contributed by atoms with van der Waals surface area (Å²) < 4.78 is 5.48. The molecule has 0 aromatic heterocycles. The van der Waals surface area contributed by atoms with Gasteiger partial charge in [-0.3, -0.25) is 4.79 Å². The van der Waals surface area contributed by atoms with E-state index in [-0.39, 0.29) is 11.9 Å². The average Bonchev–Trinajstić information content (AvgIpc) is 2.86. The van der Waals surface area contributed by atoms with Crippen molar-refractivity contribution in [2.75, 3.05) is 20.3 Å². The molecule has 1 aliphatic carbocycles. The molecule has 1 aromatic rings. The van der Waals surface area contributed by atoms with E-state index in [1.165, 1.54) is 4.90 Å². The summed E-state index contributed by atoms with van der Waals surface area (Å²) in [7, 11) is 1.99. The summed E-state index contributed by atoms with van der Waals surface area (Å²) in [4.78, 5) is 27.7. The Morgan fingerprint density at radius 3 is 2.58 bits per heavy atom. The van der Waals surface area contributed by atoms with Crippen LogP contribution in [0, 0.1) is 0 Å². The molecule has 1 atom stereocenters. The van der Waals surface area contributed by atoms with Crippen molar-refractivity contribution in [2.24, 2.45) is 0 Å². The standard InChI is InChI=1S/C20H27N3O3/c1-3-13-26-17-9-7-16(8-10-17)14-22(2)15-23-18(24)20(21-19(23)25)11-5-4-6-12-20/h3,7-10H,1,4-6,11-15H2,2H3,(H,21,25)/p+1. The number of imide groups is 1. The van der Waals surface area contributed by atoms with Crippen molar-refractivity contribution in [1.82, 2.24) is 10.2 Å². The number of hydrogen-bond acceptors (Lipinski definition) is 3. The maximum absolute atomic E-state index is 12.8. The molecule has 2 N–H and O–H groups in total. The highest BCUT2D eigenvalue weighted by atomic mass is 16.5. The summed E-state index contributed by atoms with van der Waals surface area (Å²) in [5.74, 6) is 0.759. The average molecular weight is 358 g/mol. The van der Waals surface area contributed by atoms with Crippen LogP contribution in [0.25, 0.3) is 0 Å². The maximum Gasteiger partial charge on any atom is 0.329 e. The summed E-state index contributed by atoms with van der Waals surface area (Å²) in [6.45, 7) is 5.22. The van der Waals surface area contributed by atoms with E-state index in [4.69, 9.17) is 4.74 Å². The molecule has 1 spiro atoms. The molecule has 1 saturated carbocycles. The fourth-order valence-corrected chi connectivity index (χ4v) is 3.85. The van der Waals surface area contributed by atoms with E-state index in [9.17, 15) is 9.59 Å². The van der Waals surface area contributed by atoms with Gasteiger partial charge in [-0.15, -0.1) is 0 Å². The highest BCUT2D eigenvalue weighted by molar-refractivity contribution is 6.06. The number of rotatable bonds is 7. The Hall–Kier alpha value is -2.34. The van der Waals surface area contributed by atoms with Gasteiger partial charge >= 0.3 is 6.03 Å². The molecule has 1 unspecified atom stereocenters. The van der Waals surface area contributed by atoms with Gasteiger partial charge in [0.1, 0.15) is 24.4 Å². The van der Waals surface area contributed by atoms with Crippen molar-refractivity contribution >= 4 is 11.9 Å². The Balaban J connectivity index is 1.57. The van der Waals surface area contributed by atoms with E-state index in [0.717, 1.165) is 54.9 Å². The minimum atomic E-state index is -0.639. The zero-order valence-corrected chi connectivity index (χ0v) is 15.4. The van der Waals surface area contributed by atoms with E-state index >= 15 is 0 Å². The van der Waals surface area contributed by atoms with Gasteiger partial charge in [-0.25, -0.2) is 9.69 Å². The molecule has 0 bridgehead atoms. The number of ether oxygens (including phenoxy) is 1. The van der Waals surface area contributed by atoms with Crippen LogP contribution in [0.4, 0.5) is 4.79 Å². The minimum Gasteiger partial charge on any atom is -0.490 e. The highest BCUT2D eigenvalue weighted by Gasteiger charge is 2.52. The van der Waals surface area contributed by atoms with Gasteiger partial charge in [0, 0.05) is 5.56 Å². The fourth-order valence-electron chi connectivity index (χ4n) is 3.85. The molecule has 6 heteroatoms. The molecule has 1 heterocycles. The number of nitrogens with zero attached hydrogens (tertiary/aromatic N) is 1. The van der Waals surface area contributed by atoms with Crippen LogP contribution in [0.2, 0.25) is 0 Å². The number of hydrogen-bond donors (Lipinski definition) is 2. The lowest BCUT2D eigenvalue weighted by atomic mass is 9.82. The molecular formula is C20H28N3O3+. The zero-order chi connectivity index (χ0) is 18.6. The molecule has 3 amide bonds. The van der Waals surface area contributed by atoms with Crippen molar-refractivity contribution in [3.05, 3.63) is 42.5 Å². The van der Waals surface area contributed by atoms with Gasteiger partial charge in [-0.2, -0.15) is 0 Å². The first-order chi connectivity index (χ1) is 12.5. The van der Waals surface area contributed by atoms with Crippen molar-refractivity contribution in [1.29, 1.82) is 0 Å². The van der Waals surface area contributed by atoms with Gasteiger partial charge in [0.2, 0.25) is 0 Å². The van der Waals surface area contributed by atoms with Crippen molar-refractivity contribution in [3.8, 4) is 5.75 Å². The third kappa shape index (κ3) is 3.90. The van der Waals surface area contributed by atoms with Crippen LogP contribution in [-0.4, -0.2) is 42.7 Å². The number of amides is 3. The number of carbonyl (C=O) groups excluding carboxylic acids is 2.